The van der Waals surface area contributed by atoms with Gasteiger partial charge in [-0.3, -0.25) is 0 Å². The average Bonchev–Trinajstić information content (AvgIpc) is 2.63. The molecular weight excluding hydrogens is 182 g/mol. The van der Waals surface area contributed by atoms with Gasteiger partial charge in [0.25, 0.3) is 0 Å². The number of alkyl halides is 1. The second-order valence-corrected chi connectivity index (χ2v) is 5.24. The zero-order valence-electron chi connectivity index (χ0n) is 8.51. The summed E-state index contributed by atoms with van der Waals surface area (Å²) in [5.74, 6) is 3.54. The molecule has 1 saturated carbocycles. The Labute approximate surface area is 86.4 Å². The zero-order chi connectivity index (χ0) is 9.26. The van der Waals surface area contributed by atoms with Gasteiger partial charge in [-0.15, -0.1) is 11.6 Å². The Hall–Kier alpha value is 0.250. The molecule has 1 heterocycles. The van der Waals surface area contributed by atoms with E-state index in [0.717, 1.165) is 17.7 Å². The lowest BCUT2D eigenvalue weighted by molar-refractivity contribution is 0.278. The fraction of sp³-hybridized carbons (Fsp3) is 1.00. The topological polar surface area (TPSA) is 3.24 Å². The molecule has 0 aromatic rings. The van der Waals surface area contributed by atoms with E-state index < -0.39 is 0 Å². The standard InChI is InChI=1S/C11H20ClN/c1-9(5-12)6-13-7-10-3-2-4-11(10)8-13/h9-11H,2-8H2,1H3. The van der Waals surface area contributed by atoms with Crippen LogP contribution in [0.15, 0.2) is 0 Å². The van der Waals surface area contributed by atoms with Crippen molar-refractivity contribution in [2.45, 2.75) is 26.2 Å². The molecule has 0 aromatic heterocycles. The Morgan fingerprint density at radius 2 is 1.92 bits per heavy atom. The summed E-state index contributed by atoms with van der Waals surface area (Å²) in [7, 11) is 0. The lowest BCUT2D eigenvalue weighted by Crippen LogP contribution is -2.27. The summed E-state index contributed by atoms with van der Waals surface area (Å²) in [6.45, 7) is 6.18. The largest absolute Gasteiger partial charge is 0.302 e. The summed E-state index contributed by atoms with van der Waals surface area (Å²) in [5, 5.41) is 0. The Kier molecular flexibility index (Phi) is 3.15. The maximum absolute atomic E-state index is 5.82. The second kappa shape index (κ2) is 4.18. The predicted molar refractivity (Wildman–Crippen MR) is 57.2 cm³/mol. The highest BCUT2D eigenvalue weighted by atomic mass is 35.5. The van der Waals surface area contributed by atoms with Crippen molar-refractivity contribution < 1.29 is 0 Å². The molecule has 1 aliphatic carbocycles. The lowest BCUT2D eigenvalue weighted by atomic mass is 10.0. The van der Waals surface area contributed by atoms with Crippen LogP contribution < -0.4 is 0 Å². The van der Waals surface area contributed by atoms with E-state index in [1.807, 2.05) is 0 Å². The quantitative estimate of drug-likeness (QED) is 0.635. The summed E-state index contributed by atoms with van der Waals surface area (Å²) >= 11 is 5.82. The molecule has 1 saturated heterocycles. The molecule has 76 valence electrons. The van der Waals surface area contributed by atoms with Crippen LogP contribution in [0.5, 0.6) is 0 Å². The van der Waals surface area contributed by atoms with Crippen LogP contribution in [0.2, 0.25) is 0 Å². The van der Waals surface area contributed by atoms with E-state index >= 15 is 0 Å². The van der Waals surface area contributed by atoms with E-state index in [0.29, 0.717) is 5.92 Å². The molecule has 2 heteroatoms. The first-order valence-corrected chi connectivity index (χ1v) is 6.11. The van der Waals surface area contributed by atoms with Crippen molar-refractivity contribution in [2.24, 2.45) is 17.8 Å². The van der Waals surface area contributed by atoms with Crippen LogP contribution in [-0.4, -0.2) is 30.4 Å². The molecule has 0 radical (unpaired) electrons. The molecule has 0 bridgehead atoms. The normalized spacial score (nSPS) is 36.5. The number of hydrogen-bond acceptors (Lipinski definition) is 1. The van der Waals surface area contributed by atoms with Crippen LogP contribution in [0.25, 0.3) is 0 Å². The first-order chi connectivity index (χ1) is 6.29. The number of nitrogens with zero attached hydrogens (tertiary/aromatic N) is 1. The Bertz CT molecular complexity index is 157. The maximum Gasteiger partial charge on any atom is 0.0261 e. The van der Waals surface area contributed by atoms with E-state index in [2.05, 4.69) is 11.8 Å². The van der Waals surface area contributed by atoms with Gasteiger partial charge in [-0.05, 0) is 30.6 Å². The van der Waals surface area contributed by atoms with Crippen molar-refractivity contribution in [2.75, 3.05) is 25.5 Å². The molecule has 1 aliphatic heterocycles. The lowest BCUT2D eigenvalue weighted by Gasteiger charge is -2.19. The van der Waals surface area contributed by atoms with Crippen molar-refractivity contribution in [3.8, 4) is 0 Å². The van der Waals surface area contributed by atoms with E-state index in [1.54, 1.807) is 0 Å². The molecule has 3 unspecified atom stereocenters. The van der Waals surface area contributed by atoms with Crippen LogP contribution in [0, 0.1) is 17.8 Å². The molecule has 1 nitrogen and oxygen atoms in total. The van der Waals surface area contributed by atoms with Crippen LogP contribution in [0.4, 0.5) is 0 Å². The Morgan fingerprint density at radius 1 is 1.31 bits per heavy atom. The molecule has 0 N–H and O–H groups in total. The van der Waals surface area contributed by atoms with Gasteiger partial charge in [-0.25, -0.2) is 0 Å². The van der Waals surface area contributed by atoms with Crippen LogP contribution in [0.3, 0.4) is 0 Å². The van der Waals surface area contributed by atoms with Crippen molar-refractivity contribution >= 4 is 11.6 Å². The molecule has 13 heavy (non-hydrogen) atoms. The molecule has 3 atom stereocenters. The monoisotopic (exact) mass is 201 g/mol. The highest BCUT2D eigenvalue weighted by molar-refractivity contribution is 6.18. The molecule has 0 spiro atoms. The maximum atomic E-state index is 5.82. The summed E-state index contributed by atoms with van der Waals surface area (Å²) in [6.07, 6.45) is 4.45. The van der Waals surface area contributed by atoms with Gasteiger partial charge in [0.05, 0.1) is 0 Å². The Morgan fingerprint density at radius 3 is 2.46 bits per heavy atom. The molecule has 0 aromatic carbocycles. The highest BCUT2D eigenvalue weighted by Crippen LogP contribution is 2.37. The average molecular weight is 202 g/mol. The highest BCUT2D eigenvalue weighted by Gasteiger charge is 2.35. The van der Waals surface area contributed by atoms with Gasteiger partial charge in [0.2, 0.25) is 0 Å². The summed E-state index contributed by atoms with van der Waals surface area (Å²) in [6, 6.07) is 0. The van der Waals surface area contributed by atoms with E-state index in [4.69, 9.17) is 11.6 Å². The van der Waals surface area contributed by atoms with Gasteiger partial charge >= 0.3 is 0 Å². The minimum absolute atomic E-state index is 0.667. The van der Waals surface area contributed by atoms with E-state index in [-0.39, 0.29) is 0 Å². The van der Waals surface area contributed by atoms with Crippen molar-refractivity contribution in [1.29, 1.82) is 0 Å². The smallest absolute Gasteiger partial charge is 0.0261 e. The van der Waals surface area contributed by atoms with Gasteiger partial charge in [0.15, 0.2) is 0 Å². The van der Waals surface area contributed by atoms with Gasteiger partial charge in [0, 0.05) is 25.5 Å². The molecule has 2 rings (SSSR count). The fourth-order valence-corrected chi connectivity index (χ4v) is 3.07. The third kappa shape index (κ3) is 2.19. The molecular formula is C11H20ClN. The van der Waals surface area contributed by atoms with Gasteiger partial charge in [0.1, 0.15) is 0 Å². The third-order valence-corrected chi connectivity index (χ3v) is 4.16. The zero-order valence-corrected chi connectivity index (χ0v) is 9.26. The predicted octanol–water partition coefficient (Wildman–Crippen LogP) is 2.59. The number of hydrogen-bond donors (Lipinski definition) is 0. The third-order valence-electron chi connectivity index (χ3n) is 3.64. The minimum atomic E-state index is 0.667. The summed E-state index contributed by atoms with van der Waals surface area (Å²) < 4.78 is 0. The molecule has 0 amide bonds. The van der Waals surface area contributed by atoms with Crippen LogP contribution >= 0.6 is 11.6 Å². The van der Waals surface area contributed by atoms with E-state index in [1.165, 1.54) is 38.9 Å². The van der Waals surface area contributed by atoms with Crippen LogP contribution in [-0.2, 0) is 0 Å². The molecule has 2 fully saturated rings. The van der Waals surface area contributed by atoms with Crippen molar-refractivity contribution in [3.63, 3.8) is 0 Å². The number of halogens is 1. The van der Waals surface area contributed by atoms with E-state index in [9.17, 15) is 0 Å². The van der Waals surface area contributed by atoms with Crippen molar-refractivity contribution in [3.05, 3.63) is 0 Å². The second-order valence-electron chi connectivity index (χ2n) is 4.93. The summed E-state index contributed by atoms with van der Waals surface area (Å²) in [5.41, 5.74) is 0. The van der Waals surface area contributed by atoms with Gasteiger partial charge in [-0.2, -0.15) is 0 Å². The molecule has 2 aliphatic rings. The fourth-order valence-electron chi connectivity index (χ4n) is 2.97. The Balaban J connectivity index is 1.78. The SMILES string of the molecule is CC(CCl)CN1CC2CCCC2C1. The first kappa shape index (κ1) is 9.79. The summed E-state index contributed by atoms with van der Waals surface area (Å²) in [4.78, 5) is 2.63. The number of likely N-dealkylation sites (tertiary alicyclic amines) is 1. The van der Waals surface area contributed by atoms with Gasteiger partial charge < -0.3 is 4.90 Å². The van der Waals surface area contributed by atoms with Crippen LogP contribution in [0.1, 0.15) is 26.2 Å². The first-order valence-electron chi connectivity index (χ1n) is 5.58. The minimum Gasteiger partial charge on any atom is -0.302 e. The number of rotatable bonds is 3. The van der Waals surface area contributed by atoms with Crippen molar-refractivity contribution in [1.82, 2.24) is 4.90 Å². The number of fused-ring (bicyclic) bond motifs is 1. The van der Waals surface area contributed by atoms with Gasteiger partial charge in [-0.1, -0.05) is 13.3 Å².